The van der Waals surface area contributed by atoms with E-state index in [9.17, 15) is 14.0 Å². The lowest BCUT2D eigenvalue weighted by Gasteiger charge is -2.35. The van der Waals surface area contributed by atoms with Crippen LogP contribution in [-0.2, 0) is 29.0 Å². The van der Waals surface area contributed by atoms with Crippen molar-refractivity contribution in [1.29, 1.82) is 0 Å². The van der Waals surface area contributed by atoms with E-state index in [-0.39, 0.29) is 35.5 Å². The van der Waals surface area contributed by atoms with Crippen LogP contribution in [0, 0.1) is 5.82 Å². The summed E-state index contributed by atoms with van der Waals surface area (Å²) >= 11 is 5.86. The van der Waals surface area contributed by atoms with Gasteiger partial charge >= 0.3 is 6.03 Å². The molecule has 0 aliphatic carbocycles. The van der Waals surface area contributed by atoms with Gasteiger partial charge in [0.1, 0.15) is 5.82 Å². The maximum atomic E-state index is 13.4. The normalized spacial score (nSPS) is 23.2. The molecule has 31 heavy (non-hydrogen) atoms. The number of halogens is 2. The number of carbonyl (C=O) groups is 2. The van der Waals surface area contributed by atoms with Crippen molar-refractivity contribution in [2.24, 2.45) is 0 Å². The van der Waals surface area contributed by atoms with Crippen LogP contribution in [0.25, 0.3) is 0 Å². The highest BCUT2D eigenvalue weighted by molar-refractivity contribution is 6.30. The Labute approximate surface area is 184 Å². The number of hydrogen-bond donors (Lipinski definition) is 0. The molecule has 0 radical (unpaired) electrons. The number of fused-ring (bicyclic) bond motifs is 2. The van der Waals surface area contributed by atoms with Gasteiger partial charge in [-0.15, -0.1) is 0 Å². The molecule has 1 aromatic heterocycles. The Morgan fingerprint density at radius 2 is 2.19 bits per heavy atom. The van der Waals surface area contributed by atoms with Crippen LogP contribution in [0.4, 0.5) is 14.9 Å². The zero-order chi connectivity index (χ0) is 21.7. The molecule has 0 saturated carbocycles. The fourth-order valence-corrected chi connectivity index (χ4v) is 4.78. The molecule has 3 aliphatic rings. The quantitative estimate of drug-likeness (QED) is 0.723. The van der Waals surface area contributed by atoms with Gasteiger partial charge in [-0.05, 0) is 24.6 Å². The van der Waals surface area contributed by atoms with Crippen LogP contribution < -0.4 is 4.90 Å². The molecule has 2 atom stereocenters. The van der Waals surface area contributed by atoms with E-state index in [1.54, 1.807) is 22.1 Å². The first-order valence-electron chi connectivity index (χ1n) is 10.4. The summed E-state index contributed by atoms with van der Waals surface area (Å²) in [7, 11) is 0. The summed E-state index contributed by atoms with van der Waals surface area (Å²) < 4.78 is 20.8. The fourth-order valence-electron chi connectivity index (χ4n) is 4.58. The standard InChI is InChI=1S/C21H23ClFN5O3/c1-13-9-28-19(11-26(13)20(29)7-14-2-3-17(23)16(22)6-14)18(8-24-28)27-10-15-12-31-5-4-25(15)21(27)30/h2-3,6,8,13,15H,4-5,7,9-12H2,1H3/t13-,15?/m0/s1. The van der Waals surface area contributed by atoms with E-state index in [1.807, 2.05) is 16.5 Å². The highest BCUT2D eigenvalue weighted by Crippen LogP contribution is 2.32. The average Bonchev–Trinajstić information content (AvgIpc) is 3.30. The highest BCUT2D eigenvalue weighted by Gasteiger charge is 2.42. The van der Waals surface area contributed by atoms with Gasteiger partial charge < -0.3 is 14.5 Å². The highest BCUT2D eigenvalue weighted by atomic mass is 35.5. The number of ether oxygens (including phenoxy) is 1. The van der Waals surface area contributed by atoms with Gasteiger partial charge in [-0.2, -0.15) is 5.10 Å². The third kappa shape index (κ3) is 3.55. The van der Waals surface area contributed by atoms with Gasteiger partial charge in [0, 0.05) is 12.6 Å². The second-order valence-corrected chi connectivity index (χ2v) is 8.68. The van der Waals surface area contributed by atoms with Crippen molar-refractivity contribution < 1.29 is 18.7 Å². The Morgan fingerprint density at radius 3 is 2.97 bits per heavy atom. The molecule has 0 spiro atoms. The first kappa shape index (κ1) is 20.3. The number of morpholine rings is 1. The largest absolute Gasteiger partial charge is 0.377 e. The zero-order valence-corrected chi connectivity index (χ0v) is 17.9. The number of anilines is 1. The van der Waals surface area contributed by atoms with Gasteiger partial charge in [-0.25, -0.2) is 9.18 Å². The average molecular weight is 448 g/mol. The van der Waals surface area contributed by atoms with Gasteiger partial charge in [0.2, 0.25) is 5.91 Å². The van der Waals surface area contributed by atoms with Crippen LogP contribution in [0.3, 0.4) is 0 Å². The van der Waals surface area contributed by atoms with E-state index < -0.39 is 5.82 Å². The van der Waals surface area contributed by atoms with Gasteiger partial charge in [-0.1, -0.05) is 17.7 Å². The number of urea groups is 1. The second-order valence-electron chi connectivity index (χ2n) is 8.27. The minimum absolute atomic E-state index is 0.00495. The van der Waals surface area contributed by atoms with Gasteiger partial charge in [0.05, 0.1) is 67.9 Å². The Morgan fingerprint density at radius 1 is 1.35 bits per heavy atom. The predicted molar refractivity (Wildman–Crippen MR) is 111 cm³/mol. The van der Waals surface area contributed by atoms with Gasteiger partial charge in [0.15, 0.2) is 0 Å². The third-order valence-corrected chi connectivity index (χ3v) is 6.55. The Balaban J connectivity index is 1.36. The summed E-state index contributed by atoms with van der Waals surface area (Å²) in [6, 6.07) is 4.28. The summed E-state index contributed by atoms with van der Waals surface area (Å²) in [5.74, 6) is -0.582. The van der Waals surface area contributed by atoms with Crippen molar-refractivity contribution in [2.75, 3.05) is 31.2 Å². The topological polar surface area (TPSA) is 70.9 Å². The molecular weight excluding hydrogens is 425 g/mol. The molecule has 1 unspecified atom stereocenters. The summed E-state index contributed by atoms with van der Waals surface area (Å²) in [4.78, 5) is 31.4. The van der Waals surface area contributed by atoms with Crippen molar-refractivity contribution in [2.45, 2.75) is 38.5 Å². The molecule has 5 rings (SSSR count). The second kappa shape index (κ2) is 7.80. The lowest BCUT2D eigenvalue weighted by molar-refractivity contribution is -0.134. The van der Waals surface area contributed by atoms with Crippen molar-refractivity contribution in [1.82, 2.24) is 19.6 Å². The molecular formula is C21H23ClFN5O3. The minimum atomic E-state index is -0.505. The smallest absolute Gasteiger partial charge is 0.325 e. The molecule has 1 aromatic carbocycles. The van der Waals surface area contributed by atoms with Crippen LogP contribution >= 0.6 is 11.6 Å². The van der Waals surface area contributed by atoms with Crippen molar-refractivity contribution in [3.63, 3.8) is 0 Å². The molecule has 4 heterocycles. The van der Waals surface area contributed by atoms with Crippen LogP contribution in [0.5, 0.6) is 0 Å². The first-order chi connectivity index (χ1) is 14.9. The van der Waals surface area contributed by atoms with Crippen LogP contribution in [-0.4, -0.2) is 69.9 Å². The molecule has 3 amide bonds. The van der Waals surface area contributed by atoms with E-state index in [0.29, 0.717) is 45.0 Å². The summed E-state index contributed by atoms with van der Waals surface area (Å²) in [6.07, 6.45) is 1.84. The van der Waals surface area contributed by atoms with Crippen molar-refractivity contribution >= 4 is 29.2 Å². The number of rotatable bonds is 3. The minimum Gasteiger partial charge on any atom is -0.377 e. The maximum Gasteiger partial charge on any atom is 0.325 e. The lowest BCUT2D eigenvalue weighted by Crippen LogP contribution is -2.46. The number of aromatic nitrogens is 2. The Bertz CT molecular complexity index is 1040. The summed E-state index contributed by atoms with van der Waals surface area (Å²) in [5.41, 5.74) is 2.25. The van der Waals surface area contributed by atoms with Crippen LogP contribution in [0.15, 0.2) is 24.4 Å². The Hall–Kier alpha value is -2.65. The lowest BCUT2D eigenvalue weighted by atomic mass is 10.1. The van der Waals surface area contributed by atoms with Gasteiger partial charge in [0.25, 0.3) is 0 Å². The fraction of sp³-hybridized carbons (Fsp3) is 0.476. The molecule has 2 saturated heterocycles. The number of carbonyl (C=O) groups excluding carboxylic acids is 2. The third-order valence-electron chi connectivity index (χ3n) is 6.26. The van der Waals surface area contributed by atoms with E-state index in [4.69, 9.17) is 16.3 Å². The summed E-state index contributed by atoms with van der Waals surface area (Å²) in [5, 5.41) is 4.48. The molecule has 2 fully saturated rings. The molecule has 10 heteroatoms. The molecule has 3 aliphatic heterocycles. The number of benzene rings is 1. The van der Waals surface area contributed by atoms with E-state index in [0.717, 1.165) is 11.4 Å². The molecule has 0 bridgehead atoms. The SMILES string of the molecule is C[C@H]1Cn2ncc(N3CC4COCCN4C3=O)c2CN1C(=O)Cc1ccc(F)c(Cl)c1. The van der Waals surface area contributed by atoms with Crippen molar-refractivity contribution in [3.8, 4) is 0 Å². The molecule has 0 N–H and O–H groups in total. The maximum absolute atomic E-state index is 13.4. The first-order valence-corrected chi connectivity index (χ1v) is 10.7. The van der Waals surface area contributed by atoms with E-state index in [2.05, 4.69) is 5.10 Å². The monoisotopic (exact) mass is 447 g/mol. The number of hydrogen-bond acceptors (Lipinski definition) is 4. The summed E-state index contributed by atoms with van der Waals surface area (Å²) in [6.45, 7) is 5.10. The van der Waals surface area contributed by atoms with Crippen LogP contribution in [0.1, 0.15) is 18.2 Å². The van der Waals surface area contributed by atoms with Crippen LogP contribution in [0.2, 0.25) is 5.02 Å². The molecule has 8 nitrogen and oxygen atoms in total. The molecule has 164 valence electrons. The number of amides is 3. The predicted octanol–water partition coefficient (Wildman–Crippen LogP) is 2.29. The Kier molecular flexibility index (Phi) is 5.10. The molecule has 2 aromatic rings. The number of nitrogens with zero attached hydrogens (tertiary/aromatic N) is 5. The van der Waals surface area contributed by atoms with E-state index >= 15 is 0 Å². The zero-order valence-electron chi connectivity index (χ0n) is 17.1. The van der Waals surface area contributed by atoms with E-state index in [1.165, 1.54) is 12.1 Å². The van der Waals surface area contributed by atoms with Gasteiger partial charge in [-0.3, -0.25) is 14.4 Å². The van der Waals surface area contributed by atoms with Crippen molar-refractivity contribution in [3.05, 3.63) is 46.5 Å².